The number of unbranched alkanes of at least 4 members (excludes halogenated alkanes) is 12. The molecule has 8 nitrogen and oxygen atoms in total. The Balaban J connectivity index is 2.14. The largest absolute Gasteiger partial charge is 0.494 e. The number of carboxylic acid groups (broad SMARTS) is 2. The van der Waals surface area contributed by atoms with E-state index in [9.17, 15) is 19.8 Å². The second-order valence-corrected chi connectivity index (χ2v) is 10.7. The molecule has 0 aliphatic carbocycles. The second-order valence-electron chi connectivity index (χ2n) is 10.7. The molecule has 0 saturated heterocycles. The molecule has 0 fully saturated rings. The standard InChI is InChI=1S/C31H49N3O5/c1-5-6-7-8-9-10-11-12-13-14-15-16-17-18-22-23(32)19-24(33)29(39-4)27(22)28-25(30(35)36)20(2)34-21(3)26(28)31(37)38/h19,28,34H,5-18,32-33H2,1-4H3,(H,35,36)(H,37,38). The number of hydrogen-bond donors (Lipinski definition) is 5. The average molecular weight is 544 g/mol. The molecule has 1 aromatic rings. The van der Waals surface area contributed by atoms with Crippen molar-refractivity contribution in [2.75, 3.05) is 18.6 Å². The second kappa shape index (κ2) is 16.1. The number of nitrogen functional groups attached to an aromatic ring is 2. The van der Waals surface area contributed by atoms with Gasteiger partial charge in [-0.25, -0.2) is 9.59 Å². The molecular formula is C31H49N3O5. The highest BCUT2D eigenvalue weighted by molar-refractivity contribution is 5.99. The molecule has 1 aromatic carbocycles. The Labute approximate surface area is 233 Å². The topological polar surface area (TPSA) is 148 Å². The predicted molar refractivity (Wildman–Crippen MR) is 158 cm³/mol. The van der Waals surface area contributed by atoms with Crippen LogP contribution in [0.1, 0.15) is 121 Å². The van der Waals surface area contributed by atoms with Gasteiger partial charge in [-0.05, 0) is 38.3 Å². The van der Waals surface area contributed by atoms with Crippen LogP contribution in [0.15, 0.2) is 28.6 Å². The number of nitrogens with one attached hydrogen (secondary N) is 1. The first-order valence-electron chi connectivity index (χ1n) is 14.5. The molecule has 0 bridgehead atoms. The molecule has 218 valence electrons. The van der Waals surface area contributed by atoms with Gasteiger partial charge >= 0.3 is 11.9 Å². The van der Waals surface area contributed by atoms with E-state index in [1.165, 1.54) is 71.3 Å². The van der Waals surface area contributed by atoms with Gasteiger partial charge in [-0.15, -0.1) is 0 Å². The van der Waals surface area contributed by atoms with Crippen molar-refractivity contribution in [2.45, 2.75) is 117 Å². The van der Waals surface area contributed by atoms with Crippen molar-refractivity contribution in [2.24, 2.45) is 0 Å². The first kappa shape index (κ1) is 32.1. The van der Waals surface area contributed by atoms with E-state index in [1.807, 2.05) is 0 Å². The fraction of sp³-hybridized carbons (Fsp3) is 0.613. The van der Waals surface area contributed by atoms with Crippen LogP contribution in [-0.4, -0.2) is 29.3 Å². The van der Waals surface area contributed by atoms with Crippen molar-refractivity contribution in [1.82, 2.24) is 5.32 Å². The Bertz CT molecular complexity index is 1020. The van der Waals surface area contributed by atoms with Gasteiger partial charge < -0.3 is 31.7 Å². The summed E-state index contributed by atoms with van der Waals surface area (Å²) < 4.78 is 5.64. The maximum absolute atomic E-state index is 12.4. The number of allylic oxidation sites excluding steroid dienone is 2. The van der Waals surface area contributed by atoms with Gasteiger partial charge in [0, 0.05) is 22.6 Å². The van der Waals surface area contributed by atoms with Gasteiger partial charge in [0.2, 0.25) is 0 Å². The van der Waals surface area contributed by atoms with Gasteiger partial charge in [0.05, 0.1) is 29.9 Å². The van der Waals surface area contributed by atoms with E-state index < -0.39 is 17.9 Å². The van der Waals surface area contributed by atoms with Crippen LogP contribution in [0.4, 0.5) is 11.4 Å². The molecule has 0 spiro atoms. The van der Waals surface area contributed by atoms with Crippen LogP contribution >= 0.6 is 0 Å². The fourth-order valence-corrected chi connectivity index (χ4v) is 5.75. The van der Waals surface area contributed by atoms with Gasteiger partial charge in [0.25, 0.3) is 0 Å². The van der Waals surface area contributed by atoms with E-state index >= 15 is 0 Å². The number of carboxylic acids is 2. The third-order valence-electron chi connectivity index (χ3n) is 7.74. The minimum absolute atomic E-state index is 0.0482. The van der Waals surface area contributed by atoms with Crippen LogP contribution in [-0.2, 0) is 16.0 Å². The normalized spacial score (nSPS) is 14.1. The number of anilines is 2. The van der Waals surface area contributed by atoms with Gasteiger partial charge in [-0.3, -0.25) is 0 Å². The molecule has 1 heterocycles. The molecule has 0 unspecified atom stereocenters. The zero-order valence-corrected chi connectivity index (χ0v) is 24.3. The maximum atomic E-state index is 12.4. The van der Waals surface area contributed by atoms with Crippen molar-refractivity contribution in [1.29, 1.82) is 0 Å². The summed E-state index contributed by atoms with van der Waals surface area (Å²) in [5.74, 6) is -3.20. The Morgan fingerprint density at radius 3 is 1.64 bits per heavy atom. The zero-order chi connectivity index (χ0) is 28.9. The van der Waals surface area contributed by atoms with Crippen LogP contribution in [0.2, 0.25) is 0 Å². The van der Waals surface area contributed by atoms with Crippen LogP contribution in [0.25, 0.3) is 0 Å². The number of methoxy groups -OCH3 is 1. The highest BCUT2D eigenvalue weighted by Gasteiger charge is 2.40. The lowest BCUT2D eigenvalue weighted by molar-refractivity contribution is -0.133. The van der Waals surface area contributed by atoms with E-state index in [0.717, 1.165) is 19.3 Å². The highest BCUT2D eigenvalue weighted by Crippen LogP contribution is 2.47. The Hall–Kier alpha value is -3.16. The molecule has 0 radical (unpaired) electrons. The third kappa shape index (κ3) is 8.67. The van der Waals surface area contributed by atoms with Crippen molar-refractivity contribution < 1.29 is 24.5 Å². The molecule has 0 amide bonds. The number of dihydropyridines is 1. The van der Waals surface area contributed by atoms with E-state index in [1.54, 1.807) is 19.9 Å². The van der Waals surface area contributed by atoms with Crippen LogP contribution in [0, 0.1) is 0 Å². The maximum Gasteiger partial charge on any atom is 0.334 e. The molecule has 1 aliphatic rings. The Kier molecular flexibility index (Phi) is 13.2. The first-order chi connectivity index (χ1) is 18.6. The average Bonchev–Trinajstić information content (AvgIpc) is 2.86. The molecule has 0 aromatic heterocycles. The van der Waals surface area contributed by atoms with Gasteiger partial charge in [-0.1, -0.05) is 84.0 Å². The summed E-state index contributed by atoms with van der Waals surface area (Å²) in [6.45, 7) is 5.51. The Morgan fingerprint density at radius 1 is 0.795 bits per heavy atom. The summed E-state index contributed by atoms with van der Waals surface area (Å²) in [5.41, 5.74) is 15.2. The number of ether oxygens (including phenoxy) is 1. The van der Waals surface area contributed by atoms with Crippen LogP contribution in [0.3, 0.4) is 0 Å². The van der Waals surface area contributed by atoms with Crippen molar-refractivity contribution in [3.05, 3.63) is 39.7 Å². The van der Waals surface area contributed by atoms with Crippen LogP contribution in [0.5, 0.6) is 5.75 Å². The molecule has 39 heavy (non-hydrogen) atoms. The van der Waals surface area contributed by atoms with Crippen molar-refractivity contribution in [3.63, 3.8) is 0 Å². The van der Waals surface area contributed by atoms with Crippen LogP contribution < -0.4 is 21.5 Å². The summed E-state index contributed by atoms with van der Waals surface area (Å²) in [6, 6.07) is 1.62. The fourth-order valence-electron chi connectivity index (χ4n) is 5.75. The monoisotopic (exact) mass is 543 g/mol. The summed E-state index contributed by atoms with van der Waals surface area (Å²) in [6.07, 6.45) is 16.6. The molecular weight excluding hydrogens is 494 g/mol. The van der Waals surface area contributed by atoms with E-state index in [-0.39, 0.29) is 22.6 Å². The lowest BCUT2D eigenvalue weighted by Gasteiger charge is -2.32. The van der Waals surface area contributed by atoms with Crippen molar-refractivity contribution >= 4 is 23.3 Å². The van der Waals surface area contributed by atoms with Gasteiger partial charge in [-0.2, -0.15) is 0 Å². The Morgan fingerprint density at radius 2 is 1.23 bits per heavy atom. The minimum atomic E-state index is -1.20. The van der Waals surface area contributed by atoms with E-state index in [0.29, 0.717) is 34.6 Å². The first-order valence-corrected chi connectivity index (χ1v) is 14.5. The van der Waals surface area contributed by atoms with E-state index in [2.05, 4.69) is 12.2 Å². The predicted octanol–water partition coefficient (Wildman–Crippen LogP) is 6.90. The number of aliphatic carboxylic acids is 2. The molecule has 1 aliphatic heterocycles. The molecule has 7 N–H and O–H groups in total. The number of nitrogens with two attached hydrogens (primary N) is 2. The minimum Gasteiger partial charge on any atom is -0.494 e. The molecule has 0 saturated carbocycles. The third-order valence-corrected chi connectivity index (χ3v) is 7.74. The summed E-state index contributed by atoms with van der Waals surface area (Å²) >= 11 is 0. The number of rotatable bonds is 18. The summed E-state index contributed by atoms with van der Waals surface area (Å²) in [7, 11) is 1.45. The zero-order valence-electron chi connectivity index (χ0n) is 24.3. The lowest BCUT2D eigenvalue weighted by atomic mass is 9.76. The quantitative estimate of drug-likeness (QED) is 0.0992. The number of hydrogen-bond acceptors (Lipinski definition) is 6. The van der Waals surface area contributed by atoms with Gasteiger partial charge in [0.1, 0.15) is 5.75 Å². The molecule has 8 heteroatoms. The summed E-state index contributed by atoms with van der Waals surface area (Å²) in [5, 5.41) is 23.1. The smallest absolute Gasteiger partial charge is 0.334 e. The highest BCUT2D eigenvalue weighted by atomic mass is 16.5. The summed E-state index contributed by atoms with van der Waals surface area (Å²) in [4.78, 5) is 24.7. The lowest BCUT2D eigenvalue weighted by Crippen LogP contribution is -2.32. The molecule has 0 atom stereocenters. The SMILES string of the molecule is CCCCCCCCCCCCCCCc1c(N)cc(N)c(OC)c1C1C(C(=O)O)=C(C)NC(C)=C1C(=O)O. The number of benzene rings is 1. The number of carbonyl (C=O) groups is 2. The van der Waals surface area contributed by atoms with E-state index in [4.69, 9.17) is 16.2 Å². The van der Waals surface area contributed by atoms with Gasteiger partial charge in [0.15, 0.2) is 0 Å². The molecule has 2 rings (SSSR count). The van der Waals surface area contributed by atoms with Crippen molar-refractivity contribution in [3.8, 4) is 5.75 Å².